The molecule has 0 aliphatic heterocycles. The van der Waals surface area contributed by atoms with Crippen LogP contribution in [-0.4, -0.2) is 23.6 Å². The zero-order valence-electron chi connectivity index (χ0n) is 17.3. The van der Waals surface area contributed by atoms with E-state index in [-0.39, 0.29) is 34.6 Å². The largest absolute Gasteiger partial charge is 0.462 e. The van der Waals surface area contributed by atoms with E-state index in [1.54, 1.807) is 6.92 Å². The predicted molar refractivity (Wildman–Crippen MR) is 102 cm³/mol. The maximum Gasteiger partial charge on any atom is 0.302 e. The number of fused-ring (bicyclic) bond motifs is 5. The molecule has 3 unspecified atom stereocenters. The minimum Gasteiger partial charge on any atom is -0.462 e. The van der Waals surface area contributed by atoms with E-state index in [9.17, 15) is 14.4 Å². The Balaban J connectivity index is 1.72. The van der Waals surface area contributed by atoms with Crippen LogP contribution in [0.4, 0.5) is 0 Å². The maximum absolute atomic E-state index is 12.4. The Labute approximate surface area is 162 Å². The highest BCUT2D eigenvalue weighted by Crippen LogP contribution is 2.67. The first-order valence-corrected chi connectivity index (χ1v) is 10.9. The van der Waals surface area contributed by atoms with Gasteiger partial charge in [-0.05, 0) is 74.5 Å². The number of hydrogen-bond donors (Lipinski definition) is 0. The normalized spacial score (nSPS) is 49.0. The molecule has 0 saturated heterocycles. The molecule has 0 spiro atoms. The highest BCUT2D eigenvalue weighted by atomic mass is 16.5. The van der Waals surface area contributed by atoms with E-state index < -0.39 is 0 Å². The highest BCUT2D eigenvalue weighted by molar-refractivity contribution is 5.80. The molecular formula is C23H34O4. The van der Waals surface area contributed by atoms with Crippen molar-refractivity contribution in [3.63, 3.8) is 0 Å². The summed E-state index contributed by atoms with van der Waals surface area (Å²) in [4.78, 5) is 36.5. The van der Waals surface area contributed by atoms with Gasteiger partial charge in [0.15, 0.2) is 0 Å². The van der Waals surface area contributed by atoms with Gasteiger partial charge in [-0.2, -0.15) is 0 Å². The van der Waals surface area contributed by atoms with Crippen molar-refractivity contribution in [3.05, 3.63) is 0 Å². The summed E-state index contributed by atoms with van der Waals surface area (Å²) in [5.41, 5.74) is -0.0583. The maximum atomic E-state index is 12.4. The summed E-state index contributed by atoms with van der Waals surface area (Å²) >= 11 is 0. The number of rotatable bonds is 2. The molecule has 27 heavy (non-hydrogen) atoms. The molecule has 150 valence electrons. The molecule has 0 aromatic heterocycles. The standard InChI is InChI=1S/C23H34O4/c1-13(24)18-7-8-19-17-6-5-15-11-16(26)9-10-22(15,3)20(17)12-21(23(18,19)4)27-14(2)25/h15,17-21H,5-12H2,1-4H3/t15-,17?,18-,19?,20?,21+,22+,23-/m1/s1. The molecule has 4 aliphatic rings. The van der Waals surface area contributed by atoms with E-state index in [0.29, 0.717) is 35.9 Å². The van der Waals surface area contributed by atoms with E-state index >= 15 is 0 Å². The van der Waals surface area contributed by atoms with Crippen LogP contribution < -0.4 is 0 Å². The van der Waals surface area contributed by atoms with Gasteiger partial charge in [0.25, 0.3) is 0 Å². The lowest BCUT2D eigenvalue weighted by Gasteiger charge is -2.61. The molecule has 0 aromatic carbocycles. The molecule has 0 radical (unpaired) electrons. The van der Waals surface area contributed by atoms with Crippen molar-refractivity contribution in [1.29, 1.82) is 0 Å². The van der Waals surface area contributed by atoms with Crippen LogP contribution in [-0.2, 0) is 19.1 Å². The second kappa shape index (κ2) is 6.42. The number of hydrogen-bond acceptors (Lipinski definition) is 4. The SMILES string of the molecule is CC(=O)O[C@H]1CC2C(CC[C@@H]3CC(=O)CC[C@]23C)C2CC[C@H](C(C)=O)[C@]21C. The molecule has 8 atom stereocenters. The van der Waals surface area contributed by atoms with Crippen molar-refractivity contribution in [2.75, 3.05) is 0 Å². The first kappa shape index (κ1) is 19.1. The summed E-state index contributed by atoms with van der Waals surface area (Å²) in [5.74, 6) is 2.47. The second-order valence-corrected chi connectivity index (χ2v) is 10.3. The van der Waals surface area contributed by atoms with Crippen LogP contribution in [0.1, 0.15) is 79.1 Å². The number of ether oxygens (including phenoxy) is 1. The summed E-state index contributed by atoms with van der Waals surface area (Å²) in [7, 11) is 0. The van der Waals surface area contributed by atoms with Gasteiger partial charge >= 0.3 is 5.97 Å². The minimum absolute atomic E-state index is 0.00580. The van der Waals surface area contributed by atoms with Crippen molar-refractivity contribution < 1.29 is 19.1 Å². The zero-order valence-corrected chi connectivity index (χ0v) is 17.3. The first-order chi connectivity index (χ1) is 12.7. The third kappa shape index (κ3) is 2.73. The molecule has 4 rings (SSSR count). The fourth-order valence-corrected chi connectivity index (χ4v) is 8.02. The third-order valence-corrected chi connectivity index (χ3v) is 9.36. The van der Waals surface area contributed by atoms with Crippen LogP contribution >= 0.6 is 0 Å². The van der Waals surface area contributed by atoms with Crippen molar-refractivity contribution in [2.24, 2.45) is 40.4 Å². The molecule has 4 aliphatic carbocycles. The van der Waals surface area contributed by atoms with Gasteiger partial charge in [0.2, 0.25) is 0 Å². The molecular weight excluding hydrogens is 340 g/mol. The minimum atomic E-state index is -0.232. The van der Waals surface area contributed by atoms with Crippen LogP contribution in [0.2, 0.25) is 0 Å². The Kier molecular flexibility index (Phi) is 4.55. The molecule has 4 saturated carbocycles. The second-order valence-electron chi connectivity index (χ2n) is 10.3. The number of esters is 1. The lowest BCUT2D eigenvalue weighted by atomic mass is 9.44. The molecule has 4 nitrogen and oxygen atoms in total. The molecule has 0 heterocycles. The highest BCUT2D eigenvalue weighted by Gasteiger charge is 2.65. The van der Waals surface area contributed by atoms with E-state index in [1.165, 1.54) is 6.92 Å². The van der Waals surface area contributed by atoms with E-state index in [2.05, 4.69) is 13.8 Å². The van der Waals surface area contributed by atoms with Gasteiger partial charge in [-0.15, -0.1) is 0 Å². The zero-order chi connectivity index (χ0) is 19.6. The Morgan fingerprint density at radius 3 is 2.44 bits per heavy atom. The topological polar surface area (TPSA) is 60.4 Å². The number of Topliss-reactive ketones (excluding diaryl/α,β-unsaturated/α-hetero) is 2. The predicted octanol–water partition coefficient (Wildman–Crippen LogP) is 4.35. The average molecular weight is 375 g/mol. The monoisotopic (exact) mass is 374 g/mol. The Morgan fingerprint density at radius 2 is 1.78 bits per heavy atom. The van der Waals surface area contributed by atoms with Crippen LogP contribution in [0, 0.1) is 40.4 Å². The molecule has 0 aromatic rings. The fraction of sp³-hybridized carbons (Fsp3) is 0.870. The lowest BCUT2D eigenvalue weighted by Crippen LogP contribution is -2.59. The molecule has 0 amide bonds. The van der Waals surface area contributed by atoms with Gasteiger partial charge in [0.1, 0.15) is 17.7 Å². The summed E-state index contributed by atoms with van der Waals surface area (Å²) in [5, 5.41) is 0. The third-order valence-electron chi connectivity index (χ3n) is 9.36. The summed E-state index contributed by atoms with van der Waals surface area (Å²) in [6.07, 6.45) is 7.39. The van der Waals surface area contributed by atoms with Crippen LogP contribution in [0.15, 0.2) is 0 Å². The van der Waals surface area contributed by atoms with Gasteiger partial charge in [0.05, 0.1) is 0 Å². The molecule has 4 heteroatoms. The van der Waals surface area contributed by atoms with E-state index in [0.717, 1.165) is 44.9 Å². The first-order valence-electron chi connectivity index (χ1n) is 10.9. The molecule has 0 bridgehead atoms. The van der Waals surface area contributed by atoms with E-state index in [4.69, 9.17) is 4.74 Å². The van der Waals surface area contributed by atoms with Gasteiger partial charge in [-0.3, -0.25) is 14.4 Å². The van der Waals surface area contributed by atoms with Crippen molar-refractivity contribution >= 4 is 17.5 Å². The summed E-state index contributed by atoms with van der Waals surface area (Å²) in [6.45, 7) is 7.82. The average Bonchev–Trinajstić information content (AvgIpc) is 2.95. The van der Waals surface area contributed by atoms with Crippen molar-refractivity contribution in [3.8, 4) is 0 Å². The Morgan fingerprint density at radius 1 is 1.04 bits per heavy atom. The Bertz CT molecular complexity index is 669. The van der Waals surface area contributed by atoms with Crippen LogP contribution in [0.5, 0.6) is 0 Å². The van der Waals surface area contributed by atoms with Crippen molar-refractivity contribution in [2.45, 2.75) is 85.2 Å². The van der Waals surface area contributed by atoms with Gasteiger partial charge < -0.3 is 4.74 Å². The Hall–Kier alpha value is -1.19. The number of carbonyl (C=O) groups is 3. The van der Waals surface area contributed by atoms with Crippen LogP contribution in [0.3, 0.4) is 0 Å². The quantitative estimate of drug-likeness (QED) is 0.675. The lowest BCUT2D eigenvalue weighted by molar-refractivity contribution is -0.191. The smallest absolute Gasteiger partial charge is 0.302 e. The number of carbonyl (C=O) groups excluding carboxylic acids is 3. The molecule has 4 fully saturated rings. The fourth-order valence-electron chi connectivity index (χ4n) is 8.02. The van der Waals surface area contributed by atoms with Crippen molar-refractivity contribution in [1.82, 2.24) is 0 Å². The van der Waals surface area contributed by atoms with Gasteiger partial charge in [-0.1, -0.05) is 13.8 Å². The summed E-state index contributed by atoms with van der Waals surface area (Å²) in [6, 6.07) is 0. The van der Waals surface area contributed by atoms with Gasteiger partial charge in [0, 0.05) is 31.1 Å². The molecule has 0 N–H and O–H groups in total. The number of ketones is 2. The summed E-state index contributed by atoms with van der Waals surface area (Å²) < 4.78 is 5.93. The van der Waals surface area contributed by atoms with E-state index in [1.807, 2.05) is 0 Å². The van der Waals surface area contributed by atoms with Crippen LogP contribution in [0.25, 0.3) is 0 Å². The van der Waals surface area contributed by atoms with Gasteiger partial charge in [-0.25, -0.2) is 0 Å².